The summed E-state index contributed by atoms with van der Waals surface area (Å²) >= 11 is 0. The topological polar surface area (TPSA) is 29.5 Å². The number of aliphatic hydroxyl groups excluding tert-OH is 1. The average molecular weight is 122 g/mol. The molecule has 0 aromatic carbocycles. The van der Waals surface area contributed by atoms with Crippen molar-refractivity contribution in [3.8, 4) is 0 Å². The van der Waals surface area contributed by atoms with Gasteiger partial charge >= 0.3 is 0 Å². The van der Waals surface area contributed by atoms with Gasteiger partial charge in [-0.3, -0.25) is 0 Å². The van der Waals surface area contributed by atoms with Gasteiger partial charge in [0.05, 0.1) is 0 Å². The molecule has 1 aliphatic heterocycles. The molecule has 1 heterocycles. The van der Waals surface area contributed by atoms with Crippen molar-refractivity contribution in [2.45, 2.75) is 0 Å². The first-order valence-electron chi connectivity index (χ1n) is 2.82. The first kappa shape index (κ1) is 4.68. The molecule has 2 rings (SSSR count). The molecule has 46 valence electrons. The maximum atomic E-state index is 8.90. The zero-order valence-electron chi connectivity index (χ0n) is 4.79. The van der Waals surface area contributed by atoms with Gasteiger partial charge in [-0.05, 0) is 12.2 Å². The van der Waals surface area contributed by atoms with Gasteiger partial charge in [0, 0.05) is 11.6 Å². The first-order chi connectivity index (χ1) is 4.36. The number of allylic oxidation sites excluding steroid dienone is 2. The van der Waals surface area contributed by atoms with Crippen LogP contribution in [0, 0.1) is 0 Å². The minimum atomic E-state index is 0.288. The Morgan fingerprint density at radius 2 is 2.33 bits per heavy atom. The Hall–Kier alpha value is -1.18. The highest BCUT2D eigenvalue weighted by Crippen LogP contribution is 2.26. The molecule has 2 aliphatic rings. The number of fused-ring (bicyclic) bond motifs is 1. The van der Waals surface area contributed by atoms with Gasteiger partial charge in [0.2, 0.25) is 0 Å². The van der Waals surface area contributed by atoms with Crippen LogP contribution in [0.5, 0.6) is 0 Å². The monoisotopic (exact) mass is 122 g/mol. The Morgan fingerprint density at radius 3 is 3.11 bits per heavy atom. The van der Waals surface area contributed by atoms with Crippen molar-refractivity contribution in [2.75, 3.05) is 6.61 Å². The summed E-state index contributed by atoms with van der Waals surface area (Å²) in [6.07, 6.45) is 5.26. The van der Waals surface area contributed by atoms with E-state index in [4.69, 9.17) is 9.84 Å². The minimum absolute atomic E-state index is 0.288. The van der Waals surface area contributed by atoms with Gasteiger partial charge in [0.15, 0.2) is 0 Å². The molecule has 0 saturated carbocycles. The lowest BCUT2D eigenvalue weighted by atomic mass is 10.3. The van der Waals surface area contributed by atoms with Crippen LogP contribution in [0.15, 0.2) is 35.3 Å². The van der Waals surface area contributed by atoms with E-state index < -0.39 is 0 Å². The minimum Gasteiger partial charge on any atom is -0.508 e. The molecule has 1 aliphatic carbocycles. The molecular weight excluding hydrogens is 116 g/mol. The summed E-state index contributed by atoms with van der Waals surface area (Å²) in [6.45, 7) is 0.644. The highest BCUT2D eigenvalue weighted by molar-refractivity contribution is 5.49. The average Bonchev–Trinajstić information content (AvgIpc) is 2.22. The third-order valence-electron chi connectivity index (χ3n) is 1.41. The molecule has 0 bridgehead atoms. The van der Waals surface area contributed by atoms with Crippen LogP contribution in [0.3, 0.4) is 0 Å². The van der Waals surface area contributed by atoms with Crippen molar-refractivity contribution < 1.29 is 9.84 Å². The van der Waals surface area contributed by atoms with Crippen LogP contribution in [0.4, 0.5) is 0 Å². The zero-order valence-corrected chi connectivity index (χ0v) is 4.79. The van der Waals surface area contributed by atoms with E-state index in [-0.39, 0.29) is 5.76 Å². The van der Waals surface area contributed by atoms with Gasteiger partial charge in [-0.25, -0.2) is 0 Å². The molecule has 0 saturated heterocycles. The third-order valence-corrected chi connectivity index (χ3v) is 1.41. The Balaban J connectivity index is 2.46. The second-order valence-electron chi connectivity index (χ2n) is 2.05. The standard InChI is InChI=1S/C7H6O2/c8-6-3-5-1-2-9-7(5)4-6/h1,3-4,8H,2H2. The van der Waals surface area contributed by atoms with E-state index in [1.165, 1.54) is 0 Å². The Labute approximate surface area is 52.8 Å². The van der Waals surface area contributed by atoms with Crippen LogP contribution in [-0.2, 0) is 4.74 Å². The van der Waals surface area contributed by atoms with Crippen LogP contribution >= 0.6 is 0 Å². The molecule has 0 unspecified atom stereocenters. The highest BCUT2D eigenvalue weighted by Gasteiger charge is 2.16. The molecule has 9 heavy (non-hydrogen) atoms. The highest BCUT2D eigenvalue weighted by atomic mass is 16.5. The van der Waals surface area contributed by atoms with Crippen molar-refractivity contribution in [3.63, 3.8) is 0 Å². The molecule has 1 N–H and O–H groups in total. The van der Waals surface area contributed by atoms with Gasteiger partial charge in [0.25, 0.3) is 0 Å². The maximum absolute atomic E-state index is 8.90. The molecule has 0 aromatic rings. The first-order valence-corrected chi connectivity index (χ1v) is 2.82. The van der Waals surface area contributed by atoms with E-state index in [0.29, 0.717) is 6.61 Å². The SMILES string of the molecule is OC1=CC2=CCOC2=C1. The lowest BCUT2D eigenvalue weighted by Crippen LogP contribution is -1.79. The normalized spacial score (nSPS) is 22.0. The number of hydrogen-bond donors (Lipinski definition) is 1. The number of aliphatic hydroxyl groups is 1. The lowest BCUT2D eigenvalue weighted by Gasteiger charge is -1.92. The van der Waals surface area contributed by atoms with Gasteiger partial charge in [-0.1, -0.05) is 0 Å². The fourth-order valence-corrected chi connectivity index (χ4v) is 0.996. The zero-order chi connectivity index (χ0) is 6.27. The van der Waals surface area contributed by atoms with Gasteiger partial charge in [-0.15, -0.1) is 0 Å². The smallest absolute Gasteiger partial charge is 0.130 e. The summed E-state index contributed by atoms with van der Waals surface area (Å²) in [7, 11) is 0. The van der Waals surface area contributed by atoms with E-state index in [1.54, 1.807) is 12.2 Å². The number of ether oxygens (including phenoxy) is 1. The van der Waals surface area contributed by atoms with Crippen molar-refractivity contribution in [3.05, 3.63) is 35.3 Å². The van der Waals surface area contributed by atoms with Crippen LogP contribution in [-0.4, -0.2) is 11.7 Å². The molecule has 2 nitrogen and oxygen atoms in total. The largest absolute Gasteiger partial charge is 0.508 e. The van der Waals surface area contributed by atoms with Gasteiger partial charge < -0.3 is 9.84 Å². The third kappa shape index (κ3) is 0.560. The number of rotatable bonds is 0. The van der Waals surface area contributed by atoms with Crippen molar-refractivity contribution in [1.29, 1.82) is 0 Å². The predicted molar refractivity (Wildman–Crippen MR) is 32.8 cm³/mol. The summed E-state index contributed by atoms with van der Waals surface area (Å²) in [4.78, 5) is 0. The molecule has 0 spiro atoms. The van der Waals surface area contributed by atoms with Crippen LogP contribution in [0.2, 0.25) is 0 Å². The summed E-state index contributed by atoms with van der Waals surface area (Å²) in [5.74, 6) is 1.09. The Bertz CT molecular complexity index is 233. The molecule has 0 aromatic heterocycles. The summed E-state index contributed by atoms with van der Waals surface area (Å²) < 4.78 is 5.10. The van der Waals surface area contributed by atoms with Crippen LogP contribution < -0.4 is 0 Å². The quantitative estimate of drug-likeness (QED) is 0.524. The second-order valence-corrected chi connectivity index (χ2v) is 2.05. The van der Waals surface area contributed by atoms with Gasteiger partial charge in [0.1, 0.15) is 18.1 Å². The van der Waals surface area contributed by atoms with E-state index in [0.717, 1.165) is 11.3 Å². The fourth-order valence-electron chi connectivity index (χ4n) is 0.996. The van der Waals surface area contributed by atoms with Gasteiger partial charge in [-0.2, -0.15) is 0 Å². The molecule has 2 heteroatoms. The van der Waals surface area contributed by atoms with E-state index in [9.17, 15) is 0 Å². The molecule has 0 atom stereocenters. The predicted octanol–water partition coefficient (Wildman–Crippen LogP) is 1.28. The molecule has 0 fully saturated rings. The van der Waals surface area contributed by atoms with Crippen molar-refractivity contribution >= 4 is 0 Å². The molecule has 0 radical (unpaired) electrons. The van der Waals surface area contributed by atoms with Crippen LogP contribution in [0.25, 0.3) is 0 Å². The van der Waals surface area contributed by atoms with Crippen molar-refractivity contribution in [2.24, 2.45) is 0 Å². The van der Waals surface area contributed by atoms with Crippen LogP contribution in [0.1, 0.15) is 0 Å². The molecular formula is C7H6O2. The van der Waals surface area contributed by atoms with Crippen molar-refractivity contribution in [1.82, 2.24) is 0 Å². The Kier molecular flexibility index (Phi) is 0.730. The summed E-state index contributed by atoms with van der Waals surface area (Å²) in [5.41, 5.74) is 1.01. The summed E-state index contributed by atoms with van der Waals surface area (Å²) in [5, 5.41) is 8.90. The number of hydrogen-bond acceptors (Lipinski definition) is 2. The van der Waals surface area contributed by atoms with E-state index in [1.807, 2.05) is 6.08 Å². The lowest BCUT2D eigenvalue weighted by molar-refractivity contribution is 0.276. The Morgan fingerprint density at radius 1 is 1.44 bits per heavy atom. The maximum Gasteiger partial charge on any atom is 0.130 e. The second kappa shape index (κ2) is 1.41. The fraction of sp³-hybridized carbons (Fsp3) is 0.143. The molecule has 0 amide bonds. The van der Waals surface area contributed by atoms with E-state index >= 15 is 0 Å². The summed E-state index contributed by atoms with van der Waals surface area (Å²) in [6, 6.07) is 0. The van der Waals surface area contributed by atoms with E-state index in [2.05, 4.69) is 0 Å².